The summed E-state index contributed by atoms with van der Waals surface area (Å²) in [6, 6.07) is 14.1. The summed E-state index contributed by atoms with van der Waals surface area (Å²) in [6.07, 6.45) is 4.99. The molecule has 2 unspecified atom stereocenters. The van der Waals surface area contributed by atoms with Crippen LogP contribution in [0.1, 0.15) is 77.3 Å². The highest BCUT2D eigenvalue weighted by molar-refractivity contribution is 6.33. The molecule has 1 fully saturated rings. The van der Waals surface area contributed by atoms with Crippen molar-refractivity contribution < 1.29 is 19.7 Å². The number of carbonyl (C=O) groups excluding carboxylic acids is 1. The summed E-state index contributed by atoms with van der Waals surface area (Å²) >= 11 is 6.81. The van der Waals surface area contributed by atoms with Crippen LogP contribution in [0.3, 0.4) is 0 Å². The van der Waals surface area contributed by atoms with Crippen LogP contribution < -0.4 is 0 Å². The van der Waals surface area contributed by atoms with E-state index < -0.39 is 11.2 Å². The molecule has 5 nitrogen and oxygen atoms in total. The number of nitrogens with zero attached hydrogens (tertiary/aromatic N) is 1. The average Bonchev–Trinajstić information content (AvgIpc) is 2.85. The molecule has 36 heavy (non-hydrogen) atoms. The van der Waals surface area contributed by atoms with Gasteiger partial charge in [-0.05, 0) is 75.6 Å². The van der Waals surface area contributed by atoms with E-state index in [9.17, 15) is 15.0 Å². The quantitative estimate of drug-likeness (QED) is 0.354. The highest BCUT2D eigenvalue weighted by Gasteiger charge is 2.43. The van der Waals surface area contributed by atoms with E-state index in [-0.39, 0.29) is 18.6 Å². The van der Waals surface area contributed by atoms with E-state index in [1.807, 2.05) is 51.1 Å². The topological polar surface area (TPSA) is 70.0 Å². The van der Waals surface area contributed by atoms with Gasteiger partial charge in [0.1, 0.15) is 5.60 Å². The Morgan fingerprint density at radius 1 is 1.14 bits per heavy atom. The molecule has 1 heterocycles. The molecule has 2 atom stereocenters. The van der Waals surface area contributed by atoms with Gasteiger partial charge in [0.2, 0.25) is 0 Å². The standard InChI is InChI=1S/C30H42ClNO4/c1-5-22-12-9-13-23(20-22)27-25(15-10-16-26(27)31)30(35,17-7-6-8-19-33)24-14-11-18-32(21-24)28(34)36-29(2,3)4/h9-10,12-13,15-16,20,24,33,35H,5-8,11,14,17-19,21H2,1-4H3. The van der Waals surface area contributed by atoms with Crippen LogP contribution in [-0.2, 0) is 16.8 Å². The second-order valence-corrected chi connectivity index (χ2v) is 11.3. The monoisotopic (exact) mass is 515 g/mol. The van der Waals surface area contributed by atoms with Crippen LogP contribution in [0, 0.1) is 5.92 Å². The Morgan fingerprint density at radius 2 is 1.89 bits per heavy atom. The Kier molecular flexibility index (Phi) is 9.85. The van der Waals surface area contributed by atoms with Crippen LogP contribution >= 0.6 is 11.6 Å². The van der Waals surface area contributed by atoms with E-state index >= 15 is 0 Å². The summed E-state index contributed by atoms with van der Waals surface area (Å²) in [4.78, 5) is 14.6. The summed E-state index contributed by atoms with van der Waals surface area (Å²) in [5.74, 6) is -0.167. The molecule has 3 rings (SSSR count). The average molecular weight is 516 g/mol. The minimum absolute atomic E-state index is 0.139. The van der Waals surface area contributed by atoms with E-state index in [2.05, 4.69) is 19.1 Å². The molecule has 6 heteroatoms. The van der Waals surface area contributed by atoms with E-state index in [4.69, 9.17) is 16.3 Å². The van der Waals surface area contributed by atoms with Gasteiger partial charge in [-0.25, -0.2) is 4.79 Å². The van der Waals surface area contributed by atoms with Gasteiger partial charge in [0.15, 0.2) is 0 Å². The highest BCUT2D eigenvalue weighted by Crippen LogP contribution is 2.46. The van der Waals surface area contributed by atoms with Crippen molar-refractivity contribution >= 4 is 17.7 Å². The predicted octanol–water partition coefficient (Wildman–Crippen LogP) is 6.96. The Labute approximate surface area is 221 Å². The molecule has 2 aromatic rings. The largest absolute Gasteiger partial charge is 0.444 e. The number of benzene rings is 2. The van der Waals surface area contributed by atoms with Gasteiger partial charge in [-0.15, -0.1) is 0 Å². The summed E-state index contributed by atoms with van der Waals surface area (Å²) < 4.78 is 5.65. The van der Waals surface area contributed by atoms with Gasteiger partial charge in [-0.2, -0.15) is 0 Å². The molecule has 0 aromatic heterocycles. The predicted molar refractivity (Wildman–Crippen MR) is 146 cm³/mol. The molecule has 1 amide bonds. The maximum atomic E-state index is 12.9. The number of halogens is 1. The van der Waals surface area contributed by atoms with Crippen molar-refractivity contribution in [2.45, 2.75) is 83.8 Å². The zero-order chi connectivity index (χ0) is 26.3. The fraction of sp³-hybridized carbons (Fsp3) is 0.567. The summed E-state index contributed by atoms with van der Waals surface area (Å²) in [5.41, 5.74) is 2.10. The van der Waals surface area contributed by atoms with Crippen LogP contribution in [0.25, 0.3) is 11.1 Å². The lowest BCUT2D eigenvalue weighted by Crippen LogP contribution is -2.49. The maximum absolute atomic E-state index is 12.9. The number of amides is 1. The third-order valence-electron chi connectivity index (χ3n) is 7.07. The van der Waals surface area contributed by atoms with Gasteiger partial charge in [0.05, 0.1) is 5.60 Å². The van der Waals surface area contributed by atoms with Crippen molar-refractivity contribution in [1.29, 1.82) is 0 Å². The summed E-state index contributed by atoms with van der Waals surface area (Å²) in [5, 5.41) is 22.4. The lowest BCUT2D eigenvalue weighted by molar-refractivity contribution is -0.0634. The number of piperidine rings is 1. The van der Waals surface area contributed by atoms with Gasteiger partial charge in [-0.1, -0.05) is 67.8 Å². The Hall–Kier alpha value is -2.08. The van der Waals surface area contributed by atoms with E-state index in [1.54, 1.807) is 4.90 Å². The minimum Gasteiger partial charge on any atom is -0.444 e. The fourth-order valence-electron chi connectivity index (χ4n) is 5.23. The number of carbonyl (C=O) groups is 1. The van der Waals surface area contributed by atoms with E-state index in [0.29, 0.717) is 31.0 Å². The van der Waals surface area contributed by atoms with Crippen LogP contribution in [0.15, 0.2) is 42.5 Å². The van der Waals surface area contributed by atoms with Crippen molar-refractivity contribution in [3.63, 3.8) is 0 Å². The summed E-state index contributed by atoms with van der Waals surface area (Å²) in [7, 11) is 0. The number of ether oxygens (including phenoxy) is 1. The number of aryl methyl sites for hydroxylation is 1. The van der Waals surface area contributed by atoms with Crippen LogP contribution in [-0.4, -0.2) is 46.5 Å². The number of likely N-dealkylation sites (tertiary alicyclic amines) is 1. The first-order valence-corrected chi connectivity index (χ1v) is 13.7. The SMILES string of the molecule is CCc1cccc(-c2c(Cl)cccc2C(O)(CCCCCO)C2CCCN(C(=O)OC(C)(C)C)C2)c1. The Bertz CT molecular complexity index is 1020. The van der Waals surface area contributed by atoms with Crippen LogP contribution in [0.2, 0.25) is 5.02 Å². The molecule has 1 saturated heterocycles. The zero-order valence-corrected chi connectivity index (χ0v) is 23.0. The molecule has 1 aliphatic rings. The minimum atomic E-state index is -1.18. The highest BCUT2D eigenvalue weighted by atomic mass is 35.5. The first-order valence-electron chi connectivity index (χ1n) is 13.3. The molecule has 0 saturated carbocycles. The van der Waals surface area contributed by atoms with Gasteiger partial charge in [-0.3, -0.25) is 0 Å². The third-order valence-corrected chi connectivity index (χ3v) is 7.38. The lowest BCUT2D eigenvalue weighted by Gasteiger charge is -2.44. The van der Waals surface area contributed by atoms with Crippen molar-refractivity contribution in [3.8, 4) is 11.1 Å². The molecule has 198 valence electrons. The van der Waals surface area contributed by atoms with Crippen LogP contribution in [0.4, 0.5) is 4.79 Å². The molecule has 0 bridgehead atoms. The molecule has 2 aromatic carbocycles. The molecular formula is C30H42ClNO4. The van der Waals surface area contributed by atoms with Crippen molar-refractivity contribution in [3.05, 3.63) is 58.6 Å². The molecular weight excluding hydrogens is 474 g/mol. The zero-order valence-electron chi connectivity index (χ0n) is 22.2. The maximum Gasteiger partial charge on any atom is 0.410 e. The van der Waals surface area contributed by atoms with Crippen molar-refractivity contribution in [2.24, 2.45) is 5.92 Å². The number of hydrogen-bond donors (Lipinski definition) is 2. The molecule has 1 aliphatic heterocycles. The van der Waals surface area contributed by atoms with Gasteiger partial charge >= 0.3 is 6.09 Å². The van der Waals surface area contributed by atoms with E-state index in [1.165, 1.54) is 5.56 Å². The fourth-order valence-corrected chi connectivity index (χ4v) is 5.51. The van der Waals surface area contributed by atoms with Gasteiger partial charge < -0.3 is 19.8 Å². The number of aliphatic hydroxyl groups is 2. The second-order valence-electron chi connectivity index (χ2n) is 10.9. The first kappa shape index (κ1) is 28.5. The Morgan fingerprint density at radius 3 is 2.58 bits per heavy atom. The van der Waals surface area contributed by atoms with Gasteiger partial charge in [0, 0.05) is 36.2 Å². The molecule has 0 aliphatic carbocycles. The molecule has 2 N–H and O–H groups in total. The molecule has 0 radical (unpaired) electrons. The normalized spacial score (nSPS) is 18.1. The number of unbranched alkanes of at least 4 members (excludes halogenated alkanes) is 2. The first-order chi connectivity index (χ1) is 17.1. The lowest BCUT2D eigenvalue weighted by atomic mass is 9.72. The third kappa shape index (κ3) is 7.02. The summed E-state index contributed by atoms with van der Waals surface area (Å²) in [6.45, 7) is 8.91. The number of rotatable bonds is 9. The number of aliphatic hydroxyl groups excluding tert-OH is 1. The van der Waals surface area contributed by atoms with Crippen molar-refractivity contribution in [2.75, 3.05) is 19.7 Å². The van der Waals surface area contributed by atoms with Gasteiger partial charge in [0.25, 0.3) is 0 Å². The Balaban J connectivity index is 2.03. The van der Waals surface area contributed by atoms with Crippen molar-refractivity contribution in [1.82, 2.24) is 4.90 Å². The second kappa shape index (κ2) is 12.4. The van der Waals surface area contributed by atoms with E-state index in [0.717, 1.165) is 48.8 Å². The smallest absolute Gasteiger partial charge is 0.410 e. The number of hydrogen-bond acceptors (Lipinski definition) is 4. The van der Waals surface area contributed by atoms with Crippen LogP contribution in [0.5, 0.6) is 0 Å². The molecule has 0 spiro atoms.